The number of anilines is 1. The van der Waals surface area contributed by atoms with Gasteiger partial charge in [0.15, 0.2) is 17.6 Å². The molecule has 0 saturated carbocycles. The summed E-state index contributed by atoms with van der Waals surface area (Å²) in [5, 5.41) is 6.86. The average Bonchev–Trinajstić information content (AvgIpc) is 3.23. The van der Waals surface area contributed by atoms with Gasteiger partial charge in [0.05, 0.1) is 0 Å². The van der Waals surface area contributed by atoms with E-state index in [4.69, 9.17) is 0 Å². The van der Waals surface area contributed by atoms with Gasteiger partial charge < -0.3 is 15.5 Å². The van der Waals surface area contributed by atoms with E-state index >= 15 is 0 Å². The molecule has 170 valence electrons. The largest absolute Gasteiger partial charge is 0.352 e. The molecule has 31 heavy (non-hydrogen) atoms. The normalized spacial score (nSPS) is 16.4. The van der Waals surface area contributed by atoms with E-state index in [0.29, 0.717) is 18.9 Å². The van der Waals surface area contributed by atoms with Gasteiger partial charge in [-0.25, -0.2) is 9.37 Å². The zero-order valence-electron chi connectivity index (χ0n) is 18.6. The van der Waals surface area contributed by atoms with Crippen LogP contribution >= 0.6 is 24.0 Å². The van der Waals surface area contributed by atoms with Gasteiger partial charge in [-0.2, -0.15) is 0 Å². The molecule has 1 saturated heterocycles. The Bertz CT molecular complexity index is 842. The number of guanidine groups is 1. The number of aliphatic imine (C=N–C) groups is 1. The van der Waals surface area contributed by atoms with Crippen LogP contribution in [0, 0.1) is 5.82 Å². The van der Waals surface area contributed by atoms with Crippen LogP contribution < -0.4 is 15.5 Å². The first-order valence-electron chi connectivity index (χ1n) is 10.8. The van der Waals surface area contributed by atoms with Crippen LogP contribution in [0.25, 0.3) is 0 Å². The smallest absolute Gasteiger partial charge is 0.191 e. The molecular weight excluding hydrogens is 506 g/mol. The molecular formula is C23H34FIN6. The molecule has 1 aliphatic heterocycles. The Morgan fingerprint density at radius 3 is 2.71 bits per heavy atom. The topological polar surface area (TPSA) is 55.8 Å². The first kappa shape index (κ1) is 25.3. The summed E-state index contributed by atoms with van der Waals surface area (Å²) in [5.41, 5.74) is 2.55. The van der Waals surface area contributed by atoms with Crippen molar-refractivity contribution in [3.8, 4) is 0 Å². The van der Waals surface area contributed by atoms with Gasteiger partial charge in [-0.1, -0.05) is 38.1 Å². The number of aromatic nitrogens is 1. The van der Waals surface area contributed by atoms with Crippen molar-refractivity contribution in [3.63, 3.8) is 0 Å². The van der Waals surface area contributed by atoms with Crippen LogP contribution in [-0.2, 0) is 13.1 Å². The third-order valence-corrected chi connectivity index (χ3v) is 5.54. The molecule has 1 aromatic carbocycles. The molecule has 1 fully saturated rings. The Hall–Kier alpha value is -1.94. The van der Waals surface area contributed by atoms with Gasteiger partial charge in [0.25, 0.3) is 0 Å². The zero-order valence-corrected chi connectivity index (χ0v) is 21.0. The van der Waals surface area contributed by atoms with Crippen LogP contribution in [0.5, 0.6) is 0 Å². The van der Waals surface area contributed by atoms with Crippen LogP contribution in [-0.4, -0.2) is 55.1 Å². The third-order valence-electron chi connectivity index (χ3n) is 5.54. The fourth-order valence-corrected chi connectivity index (χ4v) is 3.80. The standard InChI is InChI=1S/C23H33FN6.HI/c1-4-29(5-2)16-19-9-6-8-18(14-19)15-27-23(25-3)28-20-11-13-30(17-20)22-21(24)10-7-12-26-22;/h6-10,12,14,20H,4-5,11,13,15-17H2,1-3H3,(H2,25,27,28);1H. The van der Waals surface area contributed by atoms with Crippen LogP contribution in [0.3, 0.4) is 0 Å². The lowest BCUT2D eigenvalue weighted by Crippen LogP contribution is -2.44. The van der Waals surface area contributed by atoms with Gasteiger partial charge in [0.2, 0.25) is 0 Å². The van der Waals surface area contributed by atoms with E-state index in [-0.39, 0.29) is 35.8 Å². The molecule has 3 rings (SSSR count). The molecule has 0 aliphatic carbocycles. The molecule has 8 heteroatoms. The van der Waals surface area contributed by atoms with Crippen molar-refractivity contribution in [2.75, 3.05) is 38.1 Å². The summed E-state index contributed by atoms with van der Waals surface area (Å²) in [6.07, 6.45) is 2.55. The van der Waals surface area contributed by atoms with Crippen molar-refractivity contribution in [3.05, 3.63) is 59.5 Å². The highest BCUT2D eigenvalue weighted by atomic mass is 127. The predicted octanol–water partition coefficient (Wildman–Crippen LogP) is 3.62. The van der Waals surface area contributed by atoms with E-state index in [0.717, 1.165) is 38.6 Å². The van der Waals surface area contributed by atoms with Crippen LogP contribution in [0.2, 0.25) is 0 Å². The molecule has 0 bridgehead atoms. The lowest BCUT2D eigenvalue weighted by atomic mass is 10.1. The second-order valence-corrected chi connectivity index (χ2v) is 7.59. The summed E-state index contributed by atoms with van der Waals surface area (Å²) in [6, 6.07) is 11.9. The summed E-state index contributed by atoms with van der Waals surface area (Å²) < 4.78 is 14.0. The number of pyridine rings is 1. The lowest BCUT2D eigenvalue weighted by molar-refractivity contribution is 0.296. The molecule has 2 aromatic rings. The molecule has 0 spiro atoms. The average molecular weight is 540 g/mol. The van der Waals surface area contributed by atoms with Gasteiger partial charge in [-0.15, -0.1) is 24.0 Å². The third kappa shape index (κ3) is 7.31. The number of nitrogens with zero attached hydrogens (tertiary/aromatic N) is 4. The number of hydrogen-bond donors (Lipinski definition) is 2. The zero-order chi connectivity index (χ0) is 21.3. The van der Waals surface area contributed by atoms with Gasteiger partial charge in [-0.3, -0.25) is 9.89 Å². The van der Waals surface area contributed by atoms with E-state index in [2.05, 4.69) is 63.6 Å². The summed E-state index contributed by atoms with van der Waals surface area (Å²) in [5.74, 6) is 0.914. The first-order valence-corrected chi connectivity index (χ1v) is 10.8. The van der Waals surface area contributed by atoms with Crippen molar-refractivity contribution < 1.29 is 4.39 Å². The molecule has 0 radical (unpaired) electrons. The predicted molar refractivity (Wildman–Crippen MR) is 137 cm³/mol. The highest BCUT2D eigenvalue weighted by molar-refractivity contribution is 14.0. The second-order valence-electron chi connectivity index (χ2n) is 7.59. The summed E-state index contributed by atoms with van der Waals surface area (Å²) in [4.78, 5) is 12.9. The van der Waals surface area contributed by atoms with Crippen molar-refractivity contribution in [2.45, 2.75) is 39.4 Å². The number of hydrogen-bond acceptors (Lipinski definition) is 4. The van der Waals surface area contributed by atoms with E-state index < -0.39 is 0 Å². The van der Waals surface area contributed by atoms with Crippen LogP contribution in [0.1, 0.15) is 31.4 Å². The summed E-state index contributed by atoms with van der Waals surface area (Å²) in [6.45, 7) is 9.64. The molecule has 1 aliphatic rings. The summed E-state index contributed by atoms with van der Waals surface area (Å²) in [7, 11) is 1.78. The minimum absolute atomic E-state index is 0. The van der Waals surface area contributed by atoms with Gasteiger partial charge in [0.1, 0.15) is 0 Å². The maximum absolute atomic E-state index is 14.0. The summed E-state index contributed by atoms with van der Waals surface area (Å²) >= 11 is 0. The highest BCUT2D eigenvalue weighted by Gasteiger charge is 2.25. The van der Waals surface area contributed by atoms with Gasteiger partial charge in [-0.05, 0) is 42.8 Å². The molecule has 2 heterocycles. The highest BCUT2D eigenvalue weighted by Crippen LogP contribution is 2.20. The Morgan fingerprint density at radius 1 is 1.23 bits per heavy atom. The Morgan fingerprint density at radius 2 is 2.00 bits per heavy atom. The lowest BCUT2D eigenvalue weighted by Gasteiger charge is -2.20. The molecule has 2 N–H and O–H groups in total. The molecule has 6 nitrogen and oxygen atoms in total. The van der Waals surface area contributed by atoms with E-state index in [1.807, 2.05) is 4.90 Å². The SMILES string of the molecule is CCN(CC)Cc1cccc(CNC(=NC)NC2CCN(c3ncccc3F)C2)c1.I. The first-order chi connectivity index (χ1) is 14.6. The van der Waals surface area contributed by atoms with Gasteiger partial charge >= 0.3 is 0 Å². The fourth-order valence-electron chi connectivity index (χ4n) is 3.80. The van der Waals surface area contributed by atoms with E-state index in [1.54, 1.807) is 19.3 Å². The minimum Gasteiger partial charge on any atom is -0.352 e. The number of nitrogens with one attached hydrogen (secondary N) is 2. The monoisotopic (exact) mass is 540 g/mol. The Balaban J connectivity index is 0.00000341. The van der Waals surface area contributed by atoms with Crippen LogP contribution in [0.4, 0.5) is 10.2 Å². The molecule has 1 atom stereocenters. The molecule has 0 amide bonds. The second kappa shape index (κ2) is 12.8. The number of rotatable bonds is 8. The van der Waals surface area contributed by atoms with Crippen molar-refractivity contribution in [1.82, 2.24) is 20.5 Å². The minimum atomic E-state index is -0.273. The Labute approximate surface area is 202 Å². The van der Waals surface area contributed by atoms with Crippen molar-refractivity contribution >= 4 is 35.8 Å². The van der Waals surface area contributed by atoms with Gasteiger partial charge in [0, 0.05) is 45.5 Å². The van der Waals surface area contributed by atoms with Crippen molar-refractivity contribution in [2.24, 2.45) is 4.99 Å². The number of halogens is 2. The van der Waals surface area contributed by atoms with Crippen LogP contribution in [0.15, 0.2) is 47.6 Å². The molecule has 1 unspecified atom stereocenters. The van der Waals surface area contributed by atoms with E-state index in [9.17, 15) is 4.39 Å². The number of benzene rings is 1. The van der Waals surface area contributed by atoms with Crippen molar-refractivity contribution in [1.29, 1.82) is 0 Å². The maximum atomic E-state index is 14.0. The maximum Gasteiger partial charge on any atom is 0.191 e. The quantitative estimate of drug-likeness (QED) is 0.305. The molecule has 1 aromatic heterocycles. The van der Waals surface area contributed by atoms with E-state index in [1.165, 1.54) is 17.2 Å². The fraction of sp³-hybridized carbons (Fsp3) is 0.478. The Kier molecular flexibility index (Phi) is 10.5.